The van der Waals surface area contributed by atoms with Gasteiger partial charge in [-0.15, -0.1) is 0 Å². The number of ether oxygens (including phenoxy) is 1. The van der Waals surface area contributed by atoms with Crippen molar-refractivity contribution in [3.05, 3.63) is 90.6 Å². The number of benzene rings is 2. The first kappa shape index (κ1) is 25.9. The number of rotatable bonds is 5. The third kappa shape index (κ3) is 5.45. The zero-order chi connectivity index (χ0) is 27.8. The van der Waals surface area contributed by atoms with Crippen LogP contribution in [0, 0.1) is 0 Å². The Morgan fingerprint density at radius 1 is 0.872 bits per heavy atom. The van der Waals surface area contributed by atoms with E-state index in [4.69, 9.17) is 20.4 Å². The second kappa shape index (κ2) is 9.87. The Bertz CT molecular complexity index is 1630. The highest BCUT2D eigenvalue weighted by Crippen LogP contribution is 2.32. The fourth-order valence-corrected chi connectivity index (χ4v) is 4.42. The Kier molecular flexibility index (Phi) is 6.56. The summed E-state index contributed by atoms with van der Waals surface area (Å²) in [6.45, 7) is 9.40. The van der Waals surface area contributed by atoms with Gasteiger partial charge in [0, 0.05) is 17.4 Å². The van der Waals surface area contributed by atoms with Crippen LogP contribution in [0.15, 0.2) is 85.1 Å². The smallest absolute Gasteiger partial charge is 0.408 e. The van der Waals surface area contributed by atoms with Gasteiger partial charge in [-0.3, -0.25) is 4.57 Å². The first-order chi connectivity index (χ1) is 18.5. The molecule has 39 heavy (non-hydrogen) atoms. The van der Waals surface area contributed by atoms with E-state index in [2.05, 4.69) is 10.3 Å². The quantitative estimate of drug-likeness (QED) is 0.274. The molecule has 0 radical (unpaired) electrons. The zero-order valence-electron chi connectivity index (χ0n) is 22.8. The van der Waals surface area contributed by atoms with Crippen LogP contribution < -0.4 is 11.1 Å². The molecule has 3 N–H and O–H groups in total. The van der Waals surface area contributed by atoms with Gasteiger partial charge >= 0.3 is 6.09 Å². The van der Waals surface area contributed by atoms with Gasteiger partial charge in [-0.2, -0.15) is 0 Å². The highest BCUT2D eigenvalue weighted by atomic mass is 16.6. The third-order valence-electron chi connectivity index (χ3n) is 6.31. The summed E-state index contributed by atoms with van der Waals surface area (Å²) in [5.41, 5.74) is 10.8. The van der Waals surface area contributed by atoms with Crippen molar-refractivity contribution < 1.29 is 9.53 Å². The van der Waals surface area contributed by atoms with Crippen LogP contribution in [0.3, 0.4) is 0 Å². The lowest BCUT2D eigenvalue weighted by molar-refractivity contribution is 0.0470. The van der Waals surface area contributed by atoms with Gasteiger partial charge in [-0.05, 0) is 76.6 Å². The molecule has 198 valence electrons. The van der Waals surface area contributed by atoms with Crippen LogP contribution in [0.1, 0.15) is 40.2 Å². The van der Waals surface area contributed by atoms with Crippen molar-refractivity contribution in [3.8, 4) is 28.3 Å². The molecule has 2 aromatic carbocycles. The molecule has 0 fully saturated rings. The minimum absolute atomic E-state index is 0.386. The molecule has 0 saturated heterocycles. The van der Waals surface area contributed by atoms with Crippen molar-refractivity contribution >= 4 is 23.1 Å². The van der Waals surface area contributed by atoms with E-state index in [1.807, 2.05) is 118 Å². The van der Waals surface area contributed by atoms with Crippen molar-refractivity contribution in [3.63, 3.8) is 0 Å². The van der Waals surface area contributed by atoms with E-state index < -0.39 is 17.2 Å². The summed E-state index contributed by atoms with van der Waals surface area (Å²) in [4.78, 5) is 26.6. The fourth-order valence-electron chi connectivity index (χ4n) is 4.42. The van der Waals surface area contributed by atoms with Crippen LogP contribution in [-0.4, -0.2) is 31.2 Å². The summed E-state index contributed by atoms with van der Waals surface area (Å²) in [5, 5.41) is 2.97. The van der Waals surface area contributed by atoms with Gasteiger partial charge in [-0.1, -0.05) is 42.5 Å². The molecule has 0 saturated carbocycles. The van der Waals surface area contributed by atoms with Crippen molar-refractivity contribution in [2.45, 2.75) is 45.8 Å². The van der Waals surface area contributed by atoms with E-state index in [0.29, 0.717) is 22.9 Å². The van der Waals surface area contributed by atoms with Crippen LogP contribution in [0.4, 0.5) is 10.6 Å². The summed E-state index contributed by atoms with van der Waals surface area (Å²) in [5.74, 6) is 1.03. The molecule has 0 bridgehead atoms. The predicted molar refractivity (Wildman–Crippen MR) is 154 cm³/mol. The number of nitrogen functional groups attached to an aromatic ring is 1. The monoisotopic (exact) mass is 520 g/mol. The molecule has 1 amide bonds. The van der Waals surface area contributed by atoms with Crippen LogP contribution in [0.25, 0.3) is 39.5 Å². The minimum atomic E-state index is -0.660. The summed E-state index contributed by atoms with van der Waals surface area (Å²) in [7, 11) is 0. The van der Waals surface area contributed by atoms with Gasteiger partial charge in [0.25, 0.3) is 0 Å². The number of carbonyl (C=O) groups excluding carboxylic acids is 1. The number of anilines is 1. The molecule has 3 heterocycles. The first-order valence-electron chi connectivity index (χ1n) is 12.8. The van der Waals surface area contributed by atoms with Crippen LogP contribution in [0.5, 0.6) is 0 Å². The fraction of sp³-hybridized carbons (Fsp3) is 0.226. The Hall–Kier alpha value is -4.72. The largest absolute Gasteiger partial charge is 0.444 e. The summed E-state index contributed by atoms with van der Waals surface area (Å²) in [6.07, 6.45) is 1.19. The number of fused-ring (bicyclic) bond motifs is 1. The molecular formula is C31H32N6O2. The Morgan fingerprint density at radius 2 is 1.59 bits per heavy atom. The zero-order valence-corrected chi connectivity index (χ0v) is 22.8. The van der Waals surface area contributed by atoms with E-state index in [1.165, 1.54) is 0 Å². The molecule has 3 aromatic heterocycles. The number of alkyl carbamates (subject to hydrolysis) is 1. The summed E-state index contributed by atoms with van der Waals surface area (Å²) in [6, 6.07) is 25.7. The molecule has 5 aromatic rings. The van der Waals surface area contributed by atoms with Crippen LogP contribution in [0.2, 0.25) is 0 Å². The lowest BCUT2D eigenvalue weighted by Gasteiger charge is -2.29. The first-order valence-corrected chi connectivity index (χ1v) is 12.8. The van der Waals surface area contributed by atoms with Crippen molar-refractivity contribution in [2.75, 3.05) is 5.73 Å². The molecule has 0 atom stereocenters. The maximum Gasteiger partial charge on any atom is 0.408 e. The number of amides is 1. The molecule has 0 aliphatic carbocycles. The van der Waals surface area contributed by atoms with E-state index in [0.717, 1.165) is 28.0 Å². The number of nitrogens with zero attached hydrogens (tertiary/aromatic N) is 4. The Balaban J connectivity index is 1.60. The number of imidazole rings is 1. The van der Waals surface area contributed by atoms with Gasteiger partial charge in [-0.25, -0.2) is 19.7 Å². The Labute approximate surface area is 227 Å². The number of aromatic nitrogens is 4. The van der Waals surface area contributed by atoms with E-state index in [1.54, 1.807) is 6.20 Å². The van der Waals surface area contributed by atoms with Gasteiger partial charge in [0.1, 0.15) is 16.9 Å². The standard InChI is InChI=1S/C31H32N6O2/c1-30(2,3)39-29(38)36-31(4,5)21-13-15-22(16-14-21)37-27(23-12-9-19-33-26(23)32)35-25-18-17-24(34-28(25)37)20-10-7-6-8-11-20/h6-19H,1-5H3,(H2,32,33)(H,36,38). The topological polar surface area (TPSA) is 108 Å². The average molecular weight is 521 g/mol. The second-order valence-corrected chi connectivity index (χ2v) is 10.9. The number of hydrogen-bond donors (Lipinski definition) is 2. The van der Waals surface area contributed by atoms with E-state index in [9.17, 15) is 4.79 Å². The lowest BCUT2D eigenvalue weighted by Crippen LogP contribution is -2.43. The molecule has 0 spiro atoms. The number of nitrogens with one attached hydrogen (secondary N) is 1. The molecular weight excluding hydrogens is 488 g/mol. The summed E-state index contributed by atoms with van der Waals surface area (Å²) < 4.78 is 7.45. The van der Waals surface area contributed by atoms with Gasteiger partial charge in [0.15, 0.2) is 11.5 Å². The molecule has 0 aliphatic rings. The minimum Gasteiger partial charge on any atom is -0.444 e. The number of hydrogen-bond acceptors (Lipinski definition) is 6. The molecule has 5 rings (SSSR count). The maximum absolute atomic E-state index is 12.5. The predicted octanol–water partition coefficient (Wildman–Crippen LogP) is 6.49. The lowest BCUT2D eigenvalue weighted by atomic mass is 9.94. The van der Waals surface area contributed by atoms with Gasteiger partial charge < -0.3 is 15.8 Å². The van der Waals surface area contributed by atoms with Gasteiger partial charge in [0.05, 0.1) is 16.8 Å². The SMILES string of the molecule is CC(C)(C)OC(=O)NC(C)(C)c1ccc(-n2c(-c3cccnc3N)nc3ccc(-c4ccccc4)nc32)cc1. The molecule has 0 unspecified atom stereocenters. The molecule has 0 aliphatic heterocycles. The average Bonchev–Trinajstić information content (AvgIpc) is 3.26. The van der Waals surface area contributed by atoms with Crippen molar-refractivity contribution in [1.82, 2.24) is 24.8 Å². The number of nitrogens with two attached hydrogens (primary N) is 1. The normalized spacial score (nSPS) is 11.9. The summed E-state index contributed by atoms with van der Waals surface area (Å²) >= 11 is 0. The third-order valence-corrected chi connectivity index (χ3v) is 6.31. The second-order valence-electron chi connectivity index (χ2n) is 10.9. The van der Waals surface area contributed by atoms with Crippen LogP contribution >= 0.6 is 0 Å². The van der Waals surface area contributed by atoms with E-state index >= 15 is 0 Å². The number of pyridine rings is 2. The highest BCUT2D eigenvalue weighted by molar-refractivity contribution is 5.84. The number of carbonyl (C=O) groups is 1. The molecule has 8 heteroatoms. The molecule has 8 nitrogen and oxygen atoms in total. The highest BCUT2D eigenvalue weighted by Gasteiger charge is 2.27. The maximum atomic E-state index is 12.5. The Morgan fingerprint density at radius 3 is 2.26 bits per heavy atom. The van der Waals surface area contributed by atoms with E-state index in [-0.39, 0.29) is 0 Å². The van der Waals surface area contributed by atoms with Crippen molar-refractivity contribution in [2.24, 2.45) is 0 Å². The van der Waals surface area contributed by atoms with Gasteiger partial charge in [0.2, 0.25) is 0 Å². The van der Waals surface area contributed by atoms with Crippen LogP contribution in [-0.2, 0) is 10.3 Å². The van der Waals surface area contributed by atoms with Crippen molar-refractivity contribution in [1.29, 1.82) is 0 Å².